The Morgan fingerprint density at radius 2 is 1.81 bits per heavy atom. The van der Waals surface area contributed by atoms with Crippen molar-refractivity contribution in [1.82, 2.24) is 4.90 Å². The number of methoxy groups -OCH3 is 1. The lowest BCUT2D eigenvalue weighted by molar-refractivity contribution is -0.384. The van der Waals surface area contributed by atoms with Crippen LogP contribution in [0.2, 0.25) is 0 Å². The molecule has 7 heteroatoms. The smallest absolute Gasteiger partial charge is 0.295 e. The topological polar surface area (TPSA) is 58.8 Å². The lowest BCUT2D eigenvalue weighted by Gasteiger charge is -2.36. The summed E-state index contributed by atoms with van der Waals surface area (Å²) >= 11 is 0. The van der Waals surface area contributed by atoms with Crippen LogP contribution in [0.4, 0.5) is 15.8 Å². The number of hydrogen-bond donors (Lipinski definition) is 0. The molecule has 138 valence electrons. The third-order valence-corrected chi connectivity index (χ3v) is 4.73. The predicted octanol–water partition coefficient (Wildman–Crippen LogP) is 3.37. The second-order valence-corrected chi connectivity index (χ2v) is 6.46. The van der Waals surface area contributed by atoms with Crippen LogP contribution in [0, 0.1) is 22.9 Å². The Hall–Kier alpha value is -2.67. The molecule has 1 aliphatic rings. The van der Waals surface area contributed by atoms with E-state index in [1.165, 1.54) is 5.56 Å². The molecule has 0 spiro atoms. The first-order chi connectivity index (χ1) is 12.5. The fourth-order valence-electron chi connectivity index (χ4n) is 3.19. The van der Waals surface area contributed by atoms with Crippen LogP contribution in [0.5, 0.6) is 5.75 Å². The normalized spacial score (nSPS) is 15.1. The minimum atomic E-state index is -0.543. The third kappa shape index (κ3) is 3.94. The highest BCUT2D eigenvalue weighted by Gasteiger charge is 2.25. The number of piperazine rings is 1. The molecule has 1 aliphatic heterocycles. The number of nitro groups is 1. The van der Waals surface area contributed by atoms with E-state index in [4.69, 9.17) is 4.74 Å². The monoisotopic (exact) mass is 359 g/mol. The summed E-state index contributed by atoms with van der Waals surface area (Å²) in [6, 6.07) is 10.6. The highest BCUT2D eigenvalue weighted by Crippen LogP contribution is 2.31. The van der Waals surface area contributed by atoms with Crippen LogP contribution < -0.4 is 9.64 Å². The predicted molar refractivity (Wildman–Crippen MR) is 98.3 cm³/mol. The Labute approximate surface area is 151 Å². The number of aryl methyl sites for hydroxylation is 1. The molecule has 3 rings (SSSR count). The van der Waals surface area contributed by atoms with E-state index in [0.717, 1.165) is 31.5 Å². The van der Waals surface area contributed by atoms with E-state index in [2.05, 4.69) is 4.90 Å². The van der Waals surface area contributed by atoms with Crippen LogP contribution in [0.1, 0.15) is 11.1 Å². The van der Waals surface area contributed by atoms with Gasteiger partial charge in [0.05, 0.1) is 18.1 Å². The molecule has 0 radical (unpaired) electrons. The number of ether oxygens (including phenoxy) is 1. The minimum absolute atomic E-state index is 0.170. The minimum Gasteiger partial charge on any atom is -0.497 e. The van der Waals surface area contributed by atoms with E-state index in [-0.39, 0.29) is 5.69 Å². The van der Waals surface area contributed by atoms with Gasteiger partial charge in [0.2, 0.25) is 0 Å². The molecule has 0 atom stereocenters. The molecule has 2 aromatic rings. The molecule has 0 aromatic heterocycles. The van der Waals surface area contributed by atoms with E-state index in [9.17, 15) is 14.5 Å². The van der Waals surface area contributed by atoms with Crippen molar-refractivity contribution in [2.24, 2.45) is 0 Å². The highest BCUT2D eigenvalue weighted by atomic mass is 19.1. The van der Waals surface area contributed by atoms with E-state index < -0.39 is 10.7 Å². The zero-order valence-corrected chi connectivity index (χ0v) is 14.9. The van der Waals surface area contributed by atoms with E-state index in [1.807, 2.05) is 29.2 Å². The van der Waals surface area contributed by atoms with Crippen molar-refractivity contribution in [3.8, 4) is 5.75 Å². The number of nitro benzene ring substituents is 1. The molecule has 26 heavy (non-hydrogen) atoms. The molecule has 2 aromatic carbocycles. The second kappa shape index (κ2) is 7.70. The van der Waals surface area contributed by atoms with Gasteiger partial charge in [-0.05, 0) is 36.2 Å². The number of nitrogens with zero attached hydrogens (tertiary/aromatic N) is 3. The Morgan fingerprint density at radius 3 is 2.38 bits per heavy atom. The molecule has 0 saturated carbocycles. The van der Waals surface area contributed by atoms with Crippen molar-refractivity contribution in [3.05, 3.63) is 63.5 Å². The molecule has 1 fully saturated rings. The second-order valence-electron chi connectivity index (χ2n) is 6.46. The molecular formula is C19H22FN3O3. The summed E-state index contributed by atoms with van der Waals surface area (Å²) in [5.74, 6) is 0.288. The van der Waals surface area contributed by atoms with Crippen LogP contribution in [0.3, 0.4) is 0 Å². The van der Waals surface area contributed by atoms with Gasteiger partial charge in [-0.25, -0.2) is 4.39 Å². The zero-order valence-electron chi connectivity index (χ0n) is 14.9. The van der Waals surface area contributed by atoms with E-state index in [0.29, 0.717) is 24.3 Å². The van der Waals surface area contributed by atoms with Gasteiger partial charge < -0.3 is 9.64 Å². The quantitative estimate of drug-likeness (QED) is 0.605. The van der Waals surface area contributed by atoms with Gasteiger partial charge >= 0.3 is 0 Å². The number of rotatable bonds is 5. The summed E-state index contributed by atoms with van der Waals surface area (Å²) < 4.78 is 18.9. The van der Waals surface area contributed by atoms with Crippen molar-refractivity contribution in [2.45, 2.75) is 13.5 Å². The average Bonchev–Trinajstić information content (AvgIpc) is 2.65. The van der Waals surface area contributed by atoms with Crippen molar-refractivity contribution >= 4 is 11.4 Å². The fraction of sp³-hybridized carbons (Fsp3) is 0.368. The summed E-state index contributed by atoms with van der Waals surface area (Å²) in [7, 11) is 1.64. The van der Waals surface area contributed by atoms with Crippen LogP contribution in [-0.2, 0) is 6.54 Å². The Balaban J connectivity index is 1.66. The Morgan fingerprint density at radius 1 is 1.15 bits per heavy atom. The van der Waals surface area contributed by atoms with Gasteiger partial charge in [0.15, 0.2) is 0 Å². The van der Waals surface area contributed by atoms with Gasteiger partial charge in [0.25, 0.3) is 5.69 Å². The first-order valence-electron chi connectivity index (χ1n) is 8.52. The molecule has 0 N–H and O–H groups in total. The SMILES string of the molecule is COc1ccc(CN2CCN(c3cc(C)c(F)cc3[N+](=O)[O-])CC2)cc1. The highest BCUT2D eigenvalue weighted by molar-refractivity contribution is 5.65. The molecule has 1 heterocycles. The lowest BCUT2D eigenvalue weighted by Crippen LogP contribution is -2.46. The van der Waals surface area contributed by atoms with Gasteiger partial charge in [-0.1, -0.05) is 12.1 Å². The maximum atomic E-state index is 13.7. The maximum Gasteiger partial charge on any atom is 0.295 e. The number of halogens is 1. The van der Waals surface area contributed by atoms with Crippen LogP contribution in [0.15, 0.2) is 36.4 Å². The first-order valence-corrected chi connectivity index (χ1v) is 8.52. The molecular weight excluding hydrogens is 337 g/mol. The molecule has 0 unspecified atom stereocenters. The molecule has 0 aliphatic carbocycles. The summed E-state index contributed by atoms with van der Waals surface area (Å²) in [6.07, 6.45) is 0. The van der Waals surface area contributed by atoms with Crippen molar-refractivity contribution in [2.75, 3.05) is 38.2 Å². The van der Waals surface area contributed by atoms with E-state index in [1.54, 1.807) is 20.1 Å². The fourth-order valence-corrected chi connectivity index (χ4v) is 3.19. The van der Waals surface area contributed by atoms with Crippen LogP contribution in [0.25, 0.3) is 0 Å². The standard InChI is InChI=1S/C19H22FN3O3/c1-14-11-18(19(23(24)25)12-17(14)20)22-9-7-21(8-10-22)13-15-3-5-16(26-2)6-4-15/h3-6,11-12H,7-10,13H2,1-2H3. The maximum absolute atomic E-state index is 13.7. The molecule has 0 amide bonds. The van der Waals surface area contributed by atoms with Gasteiger partial charge in [-0.15, -0.1) is 0 Å². The van der Waals surface area contributed by atoms with Crippen molar-refractivity contribution < 1.29 is 14.1 Å². The van der Waals surface area contributed by atoms with Gasteiger partial charge in [-0.3, -0.25) is 15.0 Å². The van der Waals surface area contributed by atoms with Crippen molar-refractivity contribution in [3.63, 3.8) is 0 Å². The molecule has 0 bridgehead atoms. The van der Waals surface area contributed by atoms with Gasteiger partial charge in [-0.2, -0.15) is 0 Å². The van der Waals surface area contributed by atoms with Crippen LogP contribution >= 0.6 is 0 Å². The van der Waals surface area contributed by atoms with Crippen LogP contribution in [-0.4, -0.2) is 43.1 Å². The third-order valence-electron chi connectivity index (χ3n) is 4.73. The summed E-state index contributed by atoms with van der Waals surface area (Å²) in [4.78, 5) is 15.0. The average molecular weight is 359 g/mol. The number of benzene rings is 2. The first kappa shape index (κ1) is 18.1. The van der Waals surface area contributed by atoms with E-state index >= 15 is 0 Å². The zero-order chi connectivity index (χ0) is 18.7. The summed E-state index contributed by atoms with van der Waals surface area (Å²) in [5.41, 5.74) is 1.95. The lowest BCUT2D eigenvalue weighted by atomic mass is 10.1. The largest absolute Gasteiger partial charge is 0.497 e. The van der Waals surface area contributed by atoms with Gasteiger partial charge in [0, 0.05) is 32.7 Å². The Bertz CT molecular complexity index is 787. The number of anilines is 1. The van der Waals surface area contributed by atoms with Gasteiger partial charge in [0.1, 0.15) is 17.3 Å². The molecule has 1 saturated heterocycles. The number of hydrogen-bond acceptors (Lipinski definition) is 5. The summed E-state index contributed by atoms with van der Waals surface area (Å²) in [6.45, 7) is 5.37. The van der Waals surface area contributed by atoms with Crippen molar-refractivity contribution in [1.29, 1.82) is 0 Å². The Kier molecular flexibility index (Phi) is 5.37. The molecule has 6 nitrogen and oxygen atoms in total. The summed E-state index contributed by atoms with van der Waals surface area (Å²) in [5, 5.41) is 11.3.